The van der Waals surface area contributed by atoms with Gasteiger partial charge in [-0.2, -0.15) is 0 Å². The summed E-state index contributed by atoms with van der Waals surface area (Å²) in [6.07, 6.45) is 3.02. The number of ketones is 1. The third-order valence-electron chi connectivity index (χ3n) is 3.60. The van der Waals surface area contributed by atoms with E-state index >= 15 is 0 Å². The molecule has 6 nitrogen and oxygen atoms in total. The molecular formula is C19H20O6. The molecule has 25 heavy (non-hydrogen) atoms. The van der Waals surface area contributed by atoms with E-state index in [0.717, 1.165) is 0 Å². The van der Waals surface area contributed by atoms with Gasteiger partial charge in [0.2, 0.25) is 0 Å². The first kappa shape index (κ1) is 18.2. The second-order valence-electron chi connectivity index (χ2n) is 5.03. The lowest BCUT2D eigenvalue weighted by Crippen LogP contribution is -1.99. The lowest BCUT2D eigenvalue weighted by Gasteiger charge is -2.12. The van der Waals surface area contributed by atoms with E-state index in [1.165, 1.54) is 52.7 Å². The molecule has 0 unspecified atom stereocenters. The van der Waals surface area contributed by atoms with Gasteiger partial charge < -0.3 is 24.1 Å². The van der Waals surface area contributed by atoms with Crippen molar-refractivity contribution in [2.45, 2.75) is 0 Å². The molecule has 0 spiro atoms. The second kappa shape index (κ2) is 8.10. The Labute approximate surface area is 146 Å². The first-order valence-electron chi connectivity index (χ1n) is 7.43. The highest BCUT2D eigenvalue weighted by atomic mass is 16.5. The Morgan fingerprint density at radius 2 is 1.44 bits per heavy atom. The average Bonchev–Trinajstić information content (AvgIpc) is 2.64. The van der Waals surface area contributed by atoms with Crippen LogP contribution in [0.1, 0.15) is 15.9 Å². The van der Waals surface area contributed by atoms with Crippen LogP contribution in [0.15, 0.2) is 36.4 Å². The molecule has 2 rings (SSSR count). The number of hydrogen-bond donors (Lipinski definition) is 1. The van der Waals surface area contributed by atoms with Crippen molar-refractivity contribution >= 4 is 11.9 Å². The fourth-order valence-corrected chi connectivity index (χ4v) is 2.32. The smallest absolute Gasteiger partial charge is 0.189 e. The standard InChI is InChI=1S/C19H20O6/c1-22-16-11-19(25-4)18(24-3)9-12(16)5-8-15(21)14-7-6-13(20)10-17(14)23-2/h5-11,20H,1-4H3/b8-5+. The number of carbonyl (C=O) groups is 1. The van der Waals surface area contributed by atoms with Crippen LogP contribution in [-0.4, -0.2) is 39.3 Å². The van der Waals surface area contributed by atoms with Gasteiger partial charge in [-0.25, -0.2) is 0 Å². The van der Waals surface area contributed by atoms with Crippen molar-refractivity contribution in [3.63, 3.8) is 0 Å². The summed E-state index contributed by atoms with van der Waals surface area (Å²) in [5.41, 5.74) is 1.00. The molecule has 1 N–H and O–H groups in total. The highest BCUT2D eigenvalue weighted by molar-refractivity contribution is 6.08. The van der Waals surface area contributed by atoms with Gasteiger partial charge in [0.25, 0.3) is 0 Å². The number of ether oxygens (including phenoxy) is 4. The van der Waals surface area contributed by atoms with Crippen LogP contribution in [0.25, 0.3) is 6.08 Å². The molecule has 2 aromatic rings. The number of methoxy groups -OCH3 is 4. The van der Waals surface area contributed by atoms with Crippen LogP contribution in [0.3, 0.4) is 0 Å². The number of phenolic OH excluding ortho intramolecular Hbond substituents is 1. The molecule has 0 saturated carbocycles. The molecule has 0 bridgehead atoms. The van der Waals surface area contributed by atoms with Crippen molar-refractivity contribution in [1.82, 2.24) is 0 Å². The number of hydrogen-bond acceptors (Lipinski definition) is 6. The Kier molecular flexibility index (Phi) is 5.89. The number of aromatic hydroxyl groups is 1. The van der Waals surface area contributed by atoms with Crippen molar-refractivity contribution in [2.75, 3.05) is 28.4 Å². The largest absolute Gasteiger partial charge is 0.508 e. The predicted molar refractivity (Wildman–Crippen MR) is 94.1 cm³/mol. The number of benzene rings is 2. The number of rotatable bonds is 7. The van der Waals surface area contributed by atoms with Gasteiger partial charge in [0.15, 0.2) is 17.3 Å². The van der Waals surface area contributed by atoms with Crippen LogP contribution in [-0.2, 0) is 0 Å². The van der Waals surface area contributed by atoms with Crippen LogP contribution in [0.5, 0.6) is 28.7 Å². The summed E-state index contributed by atoms with van der Waals surface area (Å²) in [5, 5.41) is 9.48. The minimum Gasteiger partial charge on any atom is -0.508 e. The fraction of sp³-hybridized carbons (Fsp3) is 0.211. The van der Waals surface area contributed by atoms with E-state index in [2.05, 4.69) is 0 Å². The molecule has 0 saturated heterocycles. The summed E-state index contributed by atoms with van der Waals surface area (Å²) >= 11 is 0. The topological polar surface area (TPSA) is 74.2 Å². The van der Waals surface area contributed by atoms with Crippen molar-refractivity contribution in [3.8, 4) is 28.7 Å². The van der Waals surface area contributed by atoms with E-state index in [-0.39, 0.29) is 11.5 Å². The summed E-state index contributed by atoms with van der Waals surface area (Å²) in [5.74, 6) is 1.65. The zero-order chi connectivity index (χ0) is 18.4. The molecule has 0 fully saturated rings. The van der Waals surface area contributed by atoms with Gasteiger partial charge in [0, 0.05) is 17.7 Å². The van der Waals surface area contributed by atoms with Gasteiger partial charge in [-0.3, -0.25) is 4.79 Å². The van der Waals surface area contributed by atoms with Crippen LogP contribution in [0.2, 0.25) is 0 Å². The summed E-state index contributed by atoms with van der Waals surface area (Å²) in [7, 11) is 6.04. The van der Waals surface area contributed by atoms with Gasteiger partial charge in [-0.15, -0.1) is 0 Å². The lowest BCUT2D eigenvalue weighted by atomic mass is 10.1. The van der Waals surface area contributed by atoms with Gasteiger partial charge in [-0.05, 0) is 30.4 Å². The van der Waals surface area contributed by atoms with E-state index in [4.69, 9.17) is 18.9 Å². The Morgan fingerprint density at radius 3 is 2.04 bits per heavy atom. The number of phenols is 1. The summed E-state index contributed by atoms with van der Waals surface area (Å²) in [6, 6.07) is 7.73. The third kappa shape index (κ3) is 4.03. The van der Waals surface area contributed by atoms with Crippen molar-refractivity contribution < 1.29 is 28.8 Å². The van der Waals surface area contributed by atoms with E-state index in [9.17, 15) is 9.90 Å². The van der Waals surface area contributed by atoms with Crippen LogP contribution in [0, 0.1) is 0 Å². The maximum absolute atomic E-state index is 12.4. The van der Waals surface area contributed by atoms with Gasteiger partial charge in [0.1, 0.15) is 17.2 Å². The molecule has 0 aliphatic rings. The van der Waals surface area contributed by atoms with E-state index in [0.29, 0.717) is 34.1 Å². The molecule has 0 aliphatic heterocycles. The Bertz CT molecular complexity index is 795. The maximum atomic E-state index is 12.4. The highest BCUT2D eigenvalue weighted by Gasteiger charge is 2.13. The van der Waals surface area contributed by atoms with Crippen LogP contribution < -0.4 is 18.9 Å². The minimum absolute atomic E-state index is 0.0268. The SMILES string of the molecule is COc1cc(OC)c(OC)cc1/C=C/C(=O)c1ccc(O)cc1OC. The molecule has 6 heteroatoms. The van der Waals surface area contributed by atoms with Gasteiger partial charge in [-0.1, -0.05) is 0 Å². The van der Waals surface area contributed by atoms with Gasteiger partial charge >= 0.3 is 0 Å². The normalized spacial score (nSPS) is 10.6. The zero-order valence-electron chi connectivity index (χ0n) is 14.5. The molecule has 0 atom stereocenters. The zero-order valence-corrected chi connectivity index (χ0v) is 14.5. The molecule has 0 heterocycles. The summed E-state index contributed by atoms with van der Waals surface area (Å²) < 4.78 is 21.0. The lowest BCUT2D eigenvalue weighted by molar-refractivity contribution is 0.104. The summed E-state index contributed by atoms with van der Waals surface area (Å²) in [6.45, 7) is 0. The Balaban J connectivity index is 2.37. The molecular weight excluding hydrogens is 324 g/mol. The quantitative estimate of drug-likeness (QED) is 0.613. The Hall–Kier alpha value is -3.15. The van der Waals surface area contributed by atoms with Crippen molar-refractivity contribution in [1.29, 1.82) is 0 Å². The minimum atomic E-state index is -0.270. The fourth-order valence-electron chi connectivity index (χ4n) is 2.32. The van der Waals surface area contributed by atoms with E-state index in [1.807, 2.05) is 0 Å². The highest BCUT2D eigenvalue weighted by Crippen LogP contribution is 2.35. The van der Waals surface area contributed by atoms with E-state index < -0.39 is 0 Å². The van der Waals surface area contributed by atoms with E-state index in [1.54, 1.807) is 18.2 Å². The third-order valence-corrected chi connectivity index (χ3v) is 3.60. The molecule has 0 aromatic heterocycles. The molecule has 0 aliphatic carbocycles. The van der Waals surface area contributed by atoms with Gasteiger partial charge in [0.05, 0.1) is 34.0 Å². The van der Waals surface area contributed by atoms with Crippen LogP contribution >= 0.6 is 0 Å². The van der Waals surface area contributed by atoms with Crippen molar-refractivity contribution in [2.24, 2.45) is 0 Å². The van der Waals surface area contributed by atoms with Crippen molar-refractivity contribution in [3.05, 3.63) is 47.5 Å². The predicted octanol–water partition coefficient (Wildman–Crippen LogP) is 3.32. The molecule has 132 valence electrons. The number of carbonyl (C=O) groups excluding carboxylic acids is 1. The van der Waals surface area contributed by atoms with Crippen LogP contribution in [0.4, 0.5) is 0 Å². The first-order valence-corrected chi connectivity index (χ1v) is 7.43. The summed E-state index contributed by atoms with van der Waals surface area (Å²) in [4.78, 5) is 12.4. The molecule has 2 aromatic carbocycles. The Morgan fingerprint density at radius 1 is 0.840 bits per heavy atom. The maximum Gasteiger partial charge on any atom is 0.189 e. The monoisotopic (exact) mass is 344 g/mol. The average molecular weight is 344 g/mol. The molecule has 0 amide bonds. The number of allylic oxidation sites excluding steroid dienone is 1. The first-order chi connectivity index (χ1) is 12.0. The second-order valence-corrected chi connectivity index (χ2v) is 5.03. The molecule has 0 radical (unpaired) electrons.